The molecule has 0 radical (unpaired) electrons. The molecule has 2 N–H and O–H groups in total. The average molecular weight is 188 g/mol. The third-order valence-electron chi connectivity index (χ3n) is 1.07. The fourth-order valence-electron chi connectivity index (χ4n) is 0.615. The molecule has 64 valence electrons. The van der Waals surface area contributed by atoms with Crippen molar-refractivity contribution in [3.05, 3.63) is 11.5 Å². The quantitative estimate of drug-likeness (QED) is 0.638. The molecule has 0 aliphatic rings. The van der Waals surface area contributed by atoms with Crippen LogP contribution in [0.3, 0.4) is 0 Å². The molecule has 0 saturated heterocycles. The van der Waals surface area contributed by atoms with E-state index in [1.54, 1.807) is 0 Å². The fraction of sp³-hybridized carbons (Fsp3) is 0.167. The molecule has 5 nitrogen and oxygen atoms in total. The number of aromatic hydroxyl groups is 1. The number of carbonyl (C=O) groups excluding carboxylic acids is 1. The zero-order chi connectivity index (χ0) is 9.14. The van der Waals surface area contributed by atoms with E-state index in [9.17, 15) is 9.90 Å². The van der Waals surface area contributed by atoms with Gasteiger partial charge in [-0.15, -0.1) is 0 Å². The third-order valence-corrected chi connectivity index (χ3v) is 1.35. The topological polar surface area (TPSA) is 75.1 Å². The number of halogens is 1. The van der Waals surface area contributed by atoms with Crippen molar-refractivity contribution in [2.24, 2.45) is 0 Å². The highest BCUT2D eigenvalue weighted by Crippen LogP contribution is 2.26. The van der Waals surface area contributed by atoms with Crippen LogP contribution in [-0.2, 0) is 4.79 Å². The molecular weight excluding hydrogens is 182 g/mol. The Hall–Kier alpha value is -1.36. The Labute approximate surface area is 73.4 Å². The van der Waals surface area contributed by atoms with Gasteiger partial charge in [-0.05, 0) is 0 Å². The number of carbonyl (C=O) groups is 1. The number of hydrogen-bond acceptors (Lipinski definition) is 4. The lowest BCUT2D eigenvalue weighted by molar-refractivity contribution is -0.114. The van der Waals surface area contributed by atoms with Crippen LogP contribution in [0.25, 0.3) is 0 Å². The van der Waals surface area contributed by atoms with Crippen LogP contribution in [-0.4, -0.2) is 21.0 Å². The van der Waals surface area contributed by atoms with Crippen LogP contribution >= 0.6 is 11.6 Å². The van der Waals surface area contributed by atoms with E-state index in [1.807, 2.05) is 0 Å². The summed E-state index contributed by atoms with van der Waals surface area (Å²) in [6, 6.07) is 0. The van der Waals surface area contributed by atoms with E-state index in [4.69, 9.17) is 11.6 Å². The molecule has 1 aromatic rings. The number of hydrogen-bond donors (Lipinski definition) is 2. The third kappa shape index (κ3) is 1.82. The second-order valence-corrected chi connectivity index (χ2v) is 2.40. The summed E-state index contributed by atoms with van der Waals surface area (Å²) in [5.74, 6) is -0.642. The van der Waals surface area contributed by atoms with Gasteiger partial charge in [-0.25, -0.2) is 9.97 Å². The van der Waals surface area contributed by atoms with E-state index in [2.05, 4.69) is 15.3 Å². The van der Waals surface area contributed by atoms with Crippen molar-refractivity contribution in [1.29, 1.82) is 0 Å². The van der Waals surface area contributed by atoms with Gasteiger partial charge in [0, 0.05) is 6.92 Å². The first-order valence-corrected chi connectivity index (χ1v) is 3.46. The molecule has 1 amide bonds. The Balaban J connectivity index is 3.00. The van der Waals surface area contributed by atoms with E-state index in [-0.39, 0.29) is 22.6 Å². The van der Waals surface area contributed by atoms with Crippen LogP contribution in [0.1, 0.15) is 6.92 Å². The molecule has 0 unspecified atom stereocenters. The van der Waals surface area contributed by atoms with Crippen LogP contribution in [0.2, 0.25) is 5.15 Å². The summed E-state index contributed by atoms with van der Waals surface area (Å²) in [7, 11) is 0. The number of rotatable bonds is 1. The Morgan fingerprint density at radius 1 is 1.67 bits per heavy atom. The van der Waals surface area contributed by atoms with Gasteiger partial charge in [0.1, 0.15) is 6.33 Å². The molecule has 0 saturated carbocycles. The molecule has 0 spiro atoms. The molecular formula is C6H6ClN3O2. The maximum atomic E-state index is 10.6. The van der Waals surface area contributed by atoms with Crippen LogP contribution in [0.15, 0.2) is 6.33 Å². The Bertz CT molecular complexity index is 316. The van der Waals surface area contributed by atoms with E-state index in [0.717, 1.165) is 6.33 Å². The van der Waals surface area contributed by atoms with Crippen molar-refractivity contribution in [3.8, 4) is 5.75 Å². The minimum Gasteiger partial charge on any atom is -0.502 e. The SMILES string of the molecule is CC(=O)Nc1ncnc(Cl)c1O. The molecule has 6 heteroatoms. The van der Waals surface area contributed by atoms with Crippen molar-refractivity contribution in [2.45, 2.75) is 6.92 Å². The number of aromatic nitrogens is 2. The average Bonchev–Trinajstić information content (AvgIpc) is 1.98. The molecule has 0 aliphatic heterocycles. The second kappa shape index (κ2) is 3.36. The van der Waals surface area contributed by atoms with Crippen LogP contribution in [0.5, 0.6) is 5.75 Å². The fourth-order valence-corrected chi connectivity index (χ4v) is 0.749. The Morgan fingerprint density at radius 3 is 2.92 bits per heavy atom. The molecule has 1 aromatic heterocycles. The maximum Gasteiger partial charge on any atom is 0.222 e. The number of amides is 1. The molecule has 12 heavy (non-hydrogen) atoms. The first kappa shape index (κ1) is 8.73. The normalized spacial score (nSPS) is 9.50. The highest BCUT2D eigenvalue weighted by molar-refractivity contribution is 6.31. The number of nitrogens with one attached hydrogen (secondary N) is 1. The lowest BCUT2D eigenvalue weighted by Crippen LogP contribution is -2.07. The van der Waals surface area contributed by atoms with Gasteiger partial charge in [0.25, 0.3) is 0 Å². The van der Waals surface area contributed by atoms with Gasteiger partial charge in [0.05, 0.1) is 0 Å². The zero-order valence-electron chi connectivity index (χ0n) is 6.21. The van der Waals surface area contributed by atoms with Crippen LogP contribution in [0, 0.1) is 0 Å². The van der Waals surface area contributed by atoms with Gasteiger partial charge in [0.15, 0.2) is 16.7 Å². The molecule has 1 rings (SSSR count). The summed E-state index contributed by atoms with van der Waals surface area (Å²) in [6.07, 6.45) is 1.15. The lowest BCUT2D eigenvalue weighted by atomic mass is 10.5. The molecule has 0 aromatic carbocycles. The predicted molar refractivity (Wildman–Crippen MR) is 43.0 cm³/mol. The minimum absolute atomic E-state index is 0.0162. The van der Waals surface area contributed by atoms with Gasteiger partial charge in [-0.2, -0.15) is 0 Å². The van der Waals surface area contributed by atoms with Gasteiger partial charge < -0.3 is 10.4 Å². The number of nitrogens with zero attached hydrogens (tertiary/aromatic N) is 2. The van der Waals surface area contributed by atoms with Gasteiger partial charge in [-0.3, -0.25) is 4.79 Å². The van der Waals surface area contributed by atoms with E-state index < -0.39 is 0 Å². The lowest BCUT2D eigenvalue weighted by Gasteiger charge is -2.02. The van der Waals surface area contributed by atoms with Crippen molar-refractivity contribution in [3.63, 3.8) is 0 Å². The van der Waals surface area contributed by atoms with E-state index in [0.29, 0.717) is 0 Å². The highest BCUT2D eigenvalue weighted by atomic mass is 35.5. The Morgan fingerprint density at radius 2 is 2.33 bits per heavy atom. The molecule has 1 heterocycles. The smallest absolute Gasteiger partial charge is 0.222 e. The van der Waals surface area contributed by atoms with Gasteiger partial charge in [0.2, 0.25) is 5.91 Å². The van der Waals surface area contributed by atoms with Crippen LogP contribution < -0.4 is 5.32 Å². The first-order valence-electron chi connectivity index (χ1n) is 3.08. The van der Waals surface area contributed by atoms with Gasteiger partial charge >= 0.3 is 0 Å². The Kier molecular flexibility index (Phi) is 2.44. The summed E-state index contributed by atoms with van der Waals surface area (Å²) in [5, 5.41) is 11.4. The van der Waals surface area contributed by atoms with Crippen molar-refractivity contribution in [2.75, 3.05) is 5.32 Å². The van der Waals surface area contributed by atoms with Crippen molar-refractivity contribution < 1.29 is 9.90 Å². The number of anilines is 1. The summed E-state index contributed by atoms with van der Waals surface area (Å²) >= 11 is 5.44. The van der Waals surface area contributed by atoms with Crippen molar-refractivity contribution in [1.82, 2.24) is 9.97 Å². The van der Waals surface area contributed by atoms with Crippen LogP contribution in [0.4, 0.5) is 5.82 Å². The summed E-state index contributed by atoms with van der Waals surface area (Å²) < 4.78 is 0. The summed E-state index contributed by atoms with van der Waals surface area (Å²) in [5.41, 5.74) is 0. The molecule has 0 fully saturated rings. The zero-order valence-corrected chi connectivity index (χ0v) is 6.96. The van der Waals surface area contributed by atoms with Gasteiger partial charge in [-0.1, -0.05) is 11.6 Å². The van der Waals surface area contributed by atoms with E-state index >= 15 is 0 Å². The highest BCUT2D eigenvalue weighted by Gasteiger charge is 2.08. The maximum absolute atomic E-state index is 10.6. The largest absolute Gasteiger partial charge is 0.502 e. The monoisotopic (exact) mass is 187 g/mol. The standard InChI is InChI=1S/C6H6ClN3O2/c1-3(11)10-6-4(12)5(7)8-2-9-6/h2,12H,1H3,(H,8,9,10,11). The van der Waals surface area contributed by atoms with Crippen molar-refractivity contribution >= 4 is 23.3 Å². The first-order chi connectivity index (χ1) is 5.61. The predicted octanol–water partition coefficient (Wildman–Crippen LogP) is 0.794. The molecule has 0 atom stereocenters. The molecule has 0 bridgehead atoms. The minimum atomic E-state index is -0.333. The second-order valence-electron chi connectivity index (χ2n) is 2.04. The summed E-state index contributed by atoms with van der Waals surface area (Å²) in [4.78, 5) is 17.7. The van der Waals surface area contributed by atoms with E-state index in [1.165, 1.54) is 6.92 Å². The molecule has 0 aliphatic carbocycles. The summed E-state index contributed by atoms with van der Waals surface area (Å²) in [6.45, 7) is 1.30.